The standard InChI is InChI=1S/C20H16BrNO3/c21-17-9-5-13(6-10-17)11-18(20(24)25)22-19(23)16-8-7-14-3-1-2-4-15(14)12-16/h1-10,12,18H,11H2,(H,22,23)(H,24,25)/t18-/m0/s1. The smallest absolute Gasteiger partial charge is 0.326 e. The molecule has 0 spiro atoms. The third-order valence-electron chi connectivity index (χ3n) is 3.97. The highest BCUT2D eigenvalue weighted by Gasteiger charge is 2.21. The Balaban J connectivity index is 1.77. The summed E-state index contributed by atoms with van der Waals surface area (Å²) in [5, 5.41) is 14.0. The molecule has 0 saturated heterocycles. The summed E-state index contributed by atoms with van der Waals surface area (Å²) < 4.78 is 0.920. The fourth-order valence-electron chi connectivity index (χ4n) is 2.63. The normalized spacial score (nSPS) is 11.9. The Bertz CT molecular complexity index is 922. The van der Waals surface area contributed by atoms with Crippen LogP contribution in [0, 0.1) is 0 Å². The molecule has 0 aliphatic heterocycles. The number of amides is 1. The zero-order valence-corrected chi connectivity index (χ0v) is 14.9. The van der Waals surface area contributed by atoms with E-state index in [9.17, 15) is 14.7 Å². The van der Waals surface area contributed by atoms with Crippen molar-refractivity contribution in [3.05, 3.63) is 82.3 Å². The predicted octanol–water partition coefficient (Wildman–Crippen LogP) is 4.03. The van der Waals surface area contributed by atoms with Crippen molar-refractivity contribution < 1.29 is 14.7 Å². The minimum Gasteiger partial charge on any atom is -0.480 e. The highest BCUT2D eigenvalue weighted by atomic mass is 79.9. The van der Waals surface area contributed by atoms with Crippen molar-refractivity contribution in [3.63, 3.8) is 0 Å². The Kier molecular flexibility index (Phi) is 5.14. The quantitative estimate of drug-likeness (QED) is 0.682. The van der Waals surface area contributed by atoms with E-state index in [0.717, 1.165) is 20.8 Å². The van der Waals surface area contributed by atoms with Crippen LogP contribution in [-0.4, -0.2) is 23.0 Å². The lowest BCUT2D eigenvalue weighted by atomic mass is 10.0. The summed E-state index contributed by atoms with van der Waals surface area (Å²) in [6, 6.07) is 19.4. The number of fused-ring (bicyclic) bond motifs is 1. The lowest BCUT2D eigenvalue weighted by Gasteiger charge is -2.15. The van der Waals surface area contributed by atoms with Gasteiger partial charge in [-0.05, 0) is 40.6 Å². The average Bonchev–Trinajstić information content (AvgIpc) is 2.62. The van der Waals surface area contributed by atoms with Gasteiger partial charge in [-0.15, -0.1) is 0 Å². The van der Waals surface area contributed by atoms with Gasteiger partial charge in [0.05, 0.1) is 0 Å². The molecule has 1 atom stereocenters. The van der Waals surface area contributed by atoms with Crippen molar-refractivity contribution in [3.8, 4) is 0 Å². The van der Waals surface area contributed by atoms with E-state index in [1.807, 2.05) is 54.6 Å². The summed E-state index contributed by atoms with van der Waals surface area (Å²) in [6.45, 7) is 0. The first kappa shape index (κ1) is 17.2. The Hall–Kier alpha value is -2.66. The molecule has 5 heteroatoms. The van der Waals surface area contributed by atoms with Gasteiger partial charge in [0.1, 0.15) is 6.04 Å². The number of carboxylic acid groups (broad SMARTS) is 1. The van der Waals surface area contributed by atoms with Crippen LogP contribution in [-0.2, 0) is 11.2 Å². The fraction of sp³-hybridized carbons (Fsp3) is 0.100. The highest BCUT2D eigenvalue weighted by Crippen LogP contribution is 2.16. The van der Waals surface area contributed by atoms with Crippen molar-refractivity contribution in [1.82, 2.24) is 5.32 Å². The Labute approximate surface area is 153 Å². The first-order valence-corrected chi connectivity index (χ1v) is 8.59. The van der Waals surface area contributed by atoms with Gasteiger partial charge in [-0.25, -0.2) is 4.79 Å². The average molecular weight is 398 g/mol. The van der Waals surface area contributed by atoms with Crippen LogP contribution in [0.25, 0.3) is 10.8 Å². The summed E-state index contributed by atoms with van der Waals surface area (Å²) in [4.78, 5) is 24.0. The number of carbonyl (C=O) groups is 2. The van der Waals surface area contributed by atoms with Gasteiger partial charge in [-0.1, -0.05) is 58.4 Å². The van der Waals surface area contributed by atoms with Crippen LogP contribution in [0.15, 0.2) is 71.2 Å². The highest BCUT2D eigenvalue weighted by molar-refractivity contribution is 9.10. The van der Waals surface area contributed by atoms with Gasteiger partial charge in [-0.3, -0.25) is 4.79 Å². The van der Waals surface area contributed by atoms with E-state index in [4.69, 9.17) is 0 Å². The molecular formula is C20H16BrNO3. The zero-order valence-electron chi connectivity index (χ0n) is 13.3. The largest absolute Gasteiger partial charge is 0.480 e. The number of carboxylic acids is 1. The number of nitrogens with one attached hydrogen (secondary N) is 1. The van der Waals surface area contributed by atoms with E-state index in [-0.39, 0.29) is 6.42 Å². The number of halogens is 1. The number of carbonyl (C=O) groups excluding carboxylic acids is 1. The van der Waals surface area contributed by atoms with Crippen molar-refractivity contribution in [2.75, 3.05) is 0 Å². The molecule has 0 aliphatic carbocycles. The number of rotatable bonds is 5. The minimum atomic E-state index is -1.06. The van der Waals surface area contributed by atoms with E-state index < -0.39 is 17.9 Å². The van der Waals surface area contributed by atoms with Crippen molar-refractivity contribution >= 4 is 38.6 Å². The zero-order chi connectivity index (χ0) is 17.8. The Morgan fingerprint density at radius 1 is 0.960 bits per heavy atom. The van der Waals surface area contributed by atoms with Gasteiger partial charge in [0, 0.05) is 16.5 Å². The van der Waals surface area contributed by atoms with E-state index in [1.165, 1.54) is 0 Å². The number of hydrogen-bond donors (Lipinski definition) is 2. The fourth-order valence-corrected chi connectivity index (χ4v) is 2.89. The molecule has 0 heterocycles. The lowest BCUT2D eigenvalue weighted by molar-refractivity contribution is -0.139. The molecule has 0 saturated carbocycles. The molecule has 0 aromatic heterocycles. The lowest BCUT2D eigenvalue weighted by Crippen LogP contribution is -2.42. The molecule has 3 rings (SSSR count). The topological polar surface area (TPSA) is 66.4 Å². The molecule has 0 bridgehead atoms. The van der Waals surface area contributed by atoms with Gasteiger partial charge in [-0.2, -0.15) is 0 Å². The molecule has 0 fully saturated rings. The van der Waals surface area contributed by atoms with Crippen LogP contribution < -0.4 is 5.32 Å². The van der Waals surface area contributed by atoms with Crippen LogP contribution in [0.5, 0.6) is 0 Å². The third kappa shape index (κ3) is 4.25. The maximum atomic E-state index is 12.5. The van der Waals surface area contributed by atoms with Crippen LogP contribution in [0.4, 0.5) is 0 Å². The molecule has 2 N–H and O–H groups in total. The van der Waals surface area contributed by atoms with Crippen LogP contribution in [0.3, 0.4) is 0 Å². The Morgan fingerprint density at radius 3 is 2.32 bits per heavy atom. The molecule has 0 aliphatic rings. The van der Waals surface area contributed by atoms with E-state index in [2.05, 4.69) is 21.2 Å². The first-order valence-electron chi connectivity index (χ1n) is 7.80. The van der Waals surface area contributed by atoms with Gasteiger partial charge in [0.25, 0.3) is 5.91 Å². The maximum absolute atomic E-state index is 12.5. The molecule has 3 aromatic carbocycles. The SMILES string of the molecule is O=C(N[C@@H](Cc1ccc(Br)cc1)C(=O)O)c1ccc2ccccc2c1. The minimum absolute atomic E-state index is 0.224. The molecular weight excluding hydrogens is 382 g/mol. The van der Waals surface area contributed by atoms with E-state index >= 15 is 0 Å². The molecule has 25 heavy (non-hydrogen) atoms. The molecule has 0 unspecified atom stereocenters. The van der Waals surface area contributed by atoms with Gasteiger partial charge >= 0.3 is 5.97 Å². The molecule has 126 valence electrons. The van der Waals surface area contributed by atoms with Gasteiger partial charge < -0.3 is 10.4 Å². The second-order valence-electron chi connectivity index (χ2n) is 5.76. The maximum Gasteiger partial charge on any atom is 0.326 e. The second-order valence-corrected chi connectivity index (χ2v) is 6.67. The third-order valence-corrected chi connectivity index (χ3v) is 4.50. The Morgan fingerprint density at radius 2 is 1.64 bits per heavy atom. The molecule has 0 radical (unpaired) electrons. The molecule has 1 amide bonds. The summed E-state index contributed by atoms with van der Waals surface area (Å²) in [6.07, 6.45) is 0.224. The monoisotopic (exact) mass is 397 g/mol. The van der Waals surface area contributed by atoms with E-state index in [1.54, 1.807) is 12.1 Å². The van der Waals surface area contributed by atoms with Crippen LogP contribution in [0.2, 0.25) is 0 Å². The number of aliphatic carboxylic acids is 1. The van der Waals surface area contributed by atoms with Crippen molar-refractivity contribution in [2.45, 2.75) is 12.5 Å². The summed E-state index contributed by atoms with van der Waals surface area (Å²) >= 11 is 3.35. The summed E-state index contributed by atoms with van der Waals surface area (Å²) in [5.74, 6) is -1.45. The number of benzene rings is 3. The van der Waals surface area contributed by atoms with E-state index in [0.29, 0.717) is 5.56 Å². The number of hydrogen-bond acceptors (Lipinski definition) is 2. The summed E-state index contributed by atoms with van der Waals surface area (Å²) in [5.41, 5.74) is 1.29. The van der Waals surface area contributed by atoms with Crippen molar-refractivity contribution in [1.29, 1.82) is 0 Å². The molecule has 4 nitrogen and oxygen atoms in total. The molecule has 3 aromatic rings. The van der Waals surface area contributed by atoms with Gasteiger partial charge in [0.2, 0.25) is 0 Å². The van der Waals surface area contributed by atoms with Crippen molar-refractivity contribution in [2.24, 2.45) is 0 Å². The van der Waals surface area contributed by atoms with Crippen LogP contribution >= 0.6 is 15.9 Å². The summed E-state index contributed by atoms with van der Waals surface area (Å²) in [7, 11) is 0. The first-order chi connectivity index (χ1) is 12.0. The van der Waals surface area contributed by atoms with Gasteiger partial charge in [0.15, 0.2) is 0 Å². The second kappa shape index (κ2) is 7.49. The predicted molar refractivity (Wildman–Crippen MR) is 101 cm³/mol. The van der Waals surface area contributed by atoms with Crippen LogP contribution in [0.1, 0.15) is 15.9 Å².